The third-order valence-corrected chi connectivity index (χ3v) is 5.65. The van der Waals surface area contributed by atoms with Crippen molar-refractivity contribution < 1.29 is 14.4 Å². The maximum absolute atomic E-state index is 13.0. The molecule has 0 unspecified atom stereocenters. The molecule has 170 valence electrons. The lowest BCUT2D eigenvalue weighted by Gasteiger charge is -2.16. The Morgan fingerprint density at radius 3 is 2.48 bits per heavy atom. The summed E-state index contributed by atoms with van der Waals surface area (Å²) < 4.78 is 1.28. The molecule has 3 amide bonds. The van der Waals surface area contributed by atoms with Gasteiger partial charge in [0.1, 0.15) is 6.04 Å². The number of fused-ring (bicyclic) bond motifs is 1. The van der Waals surface area contributed by atoms with Gasteiger partial charge in [-0.2, -0.15) is 5.10 Å². The van der Waals surface area contributed by atoms with Crippen LogP contribution >= 0.6 is 11.6 Å². The van der Waals surface area contributed by atoms with Gasteiger partial charge in [0.25, 0.3) is 17.4 Å². The number of imide groups is 1. The monoisotopic (exact) mass is 467 g/mol. The maximum Gasteiger partial charge on any atom is 0.286 e. The first kappa shape index (κ1) is 22.6. The van der Waals surface area contributed by atoms with Crippen molar-refractivity contribution in [3.8, 4) is 0 Å². The predicted molar refractivity (Wildman–Crippen MR) is 124 cm³/mol. The van der Waals surface area contributed by atoms with Gasteiger partial charge in [-0.15, -0.1) is 0 Å². The van der Waals surface area contributed by atoms with Gasteiger partial charge in [-0.3, -0.25) is 24.6 Å². The second-order valence-electron chi connectivity index (χ2n) is 7.68. The molecule has 2 N–H and O–H groups in total. The molecule has 0 saturated carbocycles. The molecule has 33 heavy (non-hydrogen) atoms. The standard InChI is InChI=1S/C23H22ClN5O4/c1-2-3-12-28-22(32)17-7-5-4-6-16(17)20(27-28)21(31)26-25-18-13-19(30)29(23(18)33)15-10-8-14(24)9-11-15/h4-11,18,25H,2-3,12-13H2,1H3,(H,26,31)/t18-/m0/s1. The minimum absolute atomic E-state index is 0.0557. The molecule has 0 spiro atoms. The Labute approximate surface area is 194 Å². The molecule has 1 atom stereocenters. The molecule has 4 rings (SSSR count). The molecule has 1 aliphatic rings. The zero-order chi connectivity index (χ0) is 23.5. The predicted octanol–water partition coefficient (Wildman–Crippen LogP) is 2.42. The number of carbonyl (C=O) groups is 3. The van der Waals surface area contributed by atoms with Crippen LogP contribution in [-0.4, -0.2) is 33.5 Å². The number of hydrazine groups is 1. The number of rotatable bonds is 7. The molecule has 9 nitrogen and oxygen atoms in total. The summed E-state index contributed by atoms with van der Waals surface area (Å²) in [6.45, 7) is 2.39. The number of benzene rings is 2. The summed E-state index contributed by atoms with van der Waals surface area (Å²) in [6.07, 6.45) is 1.49. The van der Waals surface area contributed by atoms with Crippen LogP contribution in [0.2, 0.25) is 5.02 Å². The number of aryl methyl sites for hydroxylation is 1. The van der Waals surface area contributed by atoms with Crippen LogP contribution in [0.4, 0.5) is 5.69 Å². The highest BCUT2D eigenvalue weighted by Gasteiger charge is 2.39. The summed E-state index contributed by atoms with van der Waals surface area (Å²) in [7, 11) is 0. The van der Waals surface area contributed by atoms with Crippen molar-refractivity contribution in [1.29, 1.82) is 0 Å². The fourth-order valence-electron chi connectivity index (χ4n) is 3.68. The van der Waals surface area contributed by atoms with E-state index in [4.69, 9.17) is 11.6 Å². The van der Waals surface area contributed by atoms with Crippen LogP contribution in [0.3, 0.4) is 0 Å². The first-order chi connectivity index (χ1) is 15.9. The average molecular weight is 468 g/mol. The third-order valence-electron chi connectivity index (χ3n) is 5.40. The van der Waals surface area contributed by atoms with Crippen molar-refractivity contribution in [3.63, 3.8) is 0 Å². The summed E-state index contributed by atoms with van der Waals surface area (Å²) in [4.78, 5) is 51.9. The number of unbranched alkanes of at least 4 members (excludes halogenated alkanes) is 1. The normalized spacial score (nSPS) is 15.9. The van der Waals surface area contributed by atoms with Crippen molar-refractivity contribution in [2.24, 2.45) is 0 Å². The number of hydrogen-bond donors (Lipinski definition) is 2. The van der Waals surface area contributed by atoms with E-state index in [9.17, 15) is 19.2 Å². The Morgan fingerprint density at radius 2 is 1.79 bits per heavy atom. The largest absolute Gasteiger partial charge is 0.286 e. The van der Waals surface area contributed by atoms with Crippen molar-refractivity contribution in [2.45, 2.75) is 38.8 Å². The number of halogens is 1. The number of nitrogens with zero attached hydrogens (tertiary/aromatic N) is 3. The molecule has 1 saturated heterocycles. The molecule has 0 bridgehead atoms. The van der Waals surface area contributed by atoms with Gasteiger partial charge in [-0.25, -0.2) is 15.0 Å². The van der Waals surface area contributed by atoms with E-state index in [1.54, 1.807) is 48.5 Å². The second-order valence-corrected chi connectivity index (χ2v) is 8.11. The molecule has 3 aromatic rings. The first-order valence-corrected chi connectivity index (χ1v) is 11.0. The SMILES string of the molecule is CCCCn1nc(C(=O)NN[C@H]2CC(=O)N(c3ccc(Cl)cc3)C2=O)c2ccccc2c1=O. The molecule has 0 radical (unpaired) electrons. The molecule has 1 fully saturated rings. The summed E-state index contributed by atoms with van der Waals surface area (Å²) >= 11 is 5.88. The van der Waals surface area contributed by atoms with Gasteiger partial charge in [-0.1, -0.05) is 43.1 Å². The molecule has 2 heterocycles. The van der Waals surface area contributed by atoms with Crippen LogP contribution in [0.5, 0.6) is 0 Å². The Hall–Kier alpha value is -3.56. The Morgan fingerprint density at radius 1 is 1.09 bits per heavy atom. The van der Waals surface area contributed by atoms with E-state index in [0.717, 1.165) is 17.7 Å². The van der Waals surface area contributed by atoms with E-state index in [-0.39, 0.29) is 17.7 Å². The summed E-state index contributed by atoms with van der Waals surface area (Å²) in [6, 6.07) is 12.1. The van der Waals surface area contributed by atoms with E-state index in [0.29, 0.717) is 28.0 Å². The van der Waals surface area contributed by atoms with E-state index >= 15 is 0 Å². The van der Waals surface area contributed by atoms with Gasteiger partial charge in [0, 0.05) is 17.0 Å². The highest BCUT2D eigenvalue weighted by molar-refractivity contribution is 6.30. The number of hydrogen-bond acceptors (Lipinski definition) is 6. The average Bonchev–Trinajstić information content (AvgIpc) is 3.10. The van der Waals surface area contributed by atoms with Gasteiger partial charge in [-0.05, 0) is 36.8 Å². The number of aromatic nitrogens is 2. The van der Waals surface area contributed by atoms with Crippen molar-refractivity contribution in [1.82, 2.24) is 20.6 Å². The van der Waals surface area contributed by atoms with Gasteiger partial charge >= 0.3 is 0 Å². The smallest absolute Gasteiger partial charge is 0.285 e. The molecule has 0 aliphatic carbocycles. The lowest BCUT2D eigenvalue weighted by Crippen LogP contribution is -2.48. The molecule has 1 aliphatic heterocycles. The summed E-state index contributed by atoms with van der Waals surface area (Å²) in [5, 5.41) is 5.54. The molecule has 2 aromatic carbocycles. The van der Waals surface area contributed by atoms with Crippen molar-refractivity contribution in [2.75, 3.05) is 4.90 Å². The minimum atomic E-state index is -0.936. The third kappa shape index (κ3) is 4.50. The highest BCUT2D eigenvalue weighted by atomic mass is 35.5. The highest BCUT2D eigenvalue weighted by Crippen LogP contribution is 2.24. The van der Waals surface area contributed by atoms with E-state index < -0.39 is 23.8 Å². The second kappa shape index (κ2) is 9.51. The van der Waals surface area contributed by atoms with E-state index in [1.165, 1.54) is 4.68 Å². The number of anilines is 1. The Bertz CT molecular complexity index is 1290. The zero-order valence-corrected chi connectivity index (χ0v) is 18.6. The van der Waals surface area contributed by atoms with Crippen LogP contribution in [-0.2, 0) is 16.1 Å². The Balaban J connectivity index is 1.54. The molecule has 10 heteroatoms. The van der Waals surface area contributed by atoms with Crippen LogP contribution in [0.1, 0.15) is 36.7 Å². The van der Waals surface area contributed by atoms with Crippen molar-refractivity contribution in [3.05, 3.63) is 69.6 Å². The van der Waals surface area contributed by atoms with Gasteiger partial charge < -0.3 is 0 Å². The number of carbonyl (C=O) groups excluding carboxylic acids is 3. The van der Waals surface area contributed by atoms with Crippen LogP contribution in [0, 0.1) is 0 Å². The lowest BCUT2D eigenvalue weighted by molar-refractivity contribution is -0.121. The summed E-state index contributed by atoms with van der Waals surface area (Å²) in [5.74, 6) is -1.50. The maximum atomic E-state index is 13.0. The van der Waals surface area contributed by atoms with Crippen LogP contribution in [0.15, 0.2) is 53.3 Å². The topological polar surface area (TPSA) is 113 Å². The van der Waals surface area contributed by atoms with E-state index in [1.807, 2.05) is 6.92 Å². The zero-order valence-electron chi connectivity index (χ0n) is 17.9. The molecule has 1 aromatic heterocycles. The van der Waals surface area contributed by atoms with Crippen LogP contribution < -0.4 is 21.3 Å². The summed E-state index contributed by atoms with van der Waals surface area (Å²) in [5.41, 5.74) is 5.32. The Kier molecular flexibility index (Phi) is 6.52. The first-order valence-electron chi connectivity index (χ1n) is 10.6. The number of amides is 3. The molecular weight excluding hydrogens is 446 g/mol. The molecular formula is C23H22ClN5O4. The fourth-order valence-corrected chi connectivity index (χ4v) is 3.81. The minimum Gasteiger partial charge on any atom is -0.285 e. The number of nitrogens with one attached hydrogen (secondary N) is 2. The van der Waals surface area contributed by atoms with Gasteiger partial charge in [0.2, 0.25) is 5.91 Å². The quantitative estimate of drug-likeness (QED) is 0.407. The van der Waals surface area contributed by atoms with Gasteiger partial charge in [0.15, 0.2) is 5.69 Å². The van der Waals surface area contributed by atoms with Crippen molar-refractivity contribution >= 4 is 45.8 Å². The van der Waals surface area contributed by atoms with Gasteiger partial charge in [0.05, 0.1) is 17.5 Å². The fraction of sp³-hybridized carbons (Fsp3) is 0.261. The lowest BCUT2D eigenvalue weighted by atomic mass is 10.1. The van der Waals surface area contributed by atoms with E-state index in [2.05, 4.69) is 16.0 Å². The van der Waals surface area contributed by atoms with Crippen LogP contribution in [0.25, 0.3) is 10.8 Å².